The lowest BCUT2D eigenvalue weighted by Gasteiger charge is -1.96. The molecule has 0 bridgehead atoms. The van der Waals surface area contributed by atoms with E-state index in [1.807, 2.05) is 0 Å². The standard InChI is InChI=1S/C8H8N4O3/c1-15-7(14)3-2-10-5-4(3)6(13)12-8(9)11-5/h2H,1H3,(H4,9,10,11,12,13). The first-order valence-electron chi connectivity index (χ1n) is 4.08. The Bertz CT molecular complexity index is 583. The third-order valence-corrected chi connectivity index (χ3v) is 1.97. The molecule has 0 unspecified atom stereocenters. The number of methoxy groups -OCH3 is 1. The zero-order chi connectivity index (χ0) is 11.0. The van der Waals surface area contributed by atoms with Crippen LogP contribution in [-0.4, -0.2) is 28.0 Å². The summed E-state index contributed by atoms with van der Waals surface area (Å²) in [5.41, 5.74) is 5.27. The normalized spacial score (nSPS) is 10.5. The molecule has 0 aliphatic heterocycles. The molecule has 0 saturated carbocycles. The van der Waals surface area contributed by atoms with Crippen LogP contribution in [0, 0.1) is 0 Å². The van der Waals surface area contributed by atoms with Gasteiger partial charge in [0.25, 0.3) is 5.56 Å². The number of nitrogen functional groups attached to an aromatic ring is 1. The number of nitrogens with two attached hydrogens (primary N) is 1. The van der Waals surface area contributed by atoms with E-state index >= 15 is 0 Å². The lowest BCUT2D eigenvalue weighted by molar-refractivity contribution is 0.0603. The van der Waals surface area contributed by atoms with Crippen LogP contribution < -0.4 is 11.3 Å². The van der Waals surface area contributed by atoms with Crippen molar-refractivity contribution in [2.75, 3.05) is 12.8 Å². The maximum Gasteiger partial charge on any atom is 0.340 e. The number of anilines is 1. The van der Waals surface area contributed by atoms with Crippen molar-refractivity contribution in [3.8, 4) is 0 Å². The van der Waals surface area contributed by atoms with Gasteiger partial charge in [0.05, 0.1) is 18.1 Å². The monoisotopic (exact) mass is 208 g/mol. The summed E-state index contributed by atoms with van der Waals surface area (Å²) in [4.78, 5) is 31.6. The number of nitrogens with zero attached hydrogens (tertiary/aromatic N) is 1. The van der Waals surface area contributed by atoms with Gasteiger partial charge in [-0.1, -0.05) is 0 Å². The number of hydrogen-bond donors (Lipinski definition) is 3. The second-order valence-corrected chi connectivity index (χ2v) is 2.87. The number of H-pyrrole nitrogens is 2. The fourth-order valence-electron chi connectivity index (χ4n) is 1.33. The average Bonchev–Trinajstić information content (AvgIpc) is 2.60. The van der Waals surface area contributed by atoms with E-state index in [4.69, 9.17) is 5.73 Å². The van der Waals surface area contributed by atoms with E-state index in [1.54, 1.807) is 0 Å². The van der Waals surface area contributed by atoms with Gasteiger partial charge in [-0.05, 0) is 0 Å². The van der Waals surface area contributed by atoms with Crippen LogP contribution in [0.1, 0.15) is 10.4 Å². The number of carbonyl (C=O) groups is 1. The molecule has 4 N–H and O–H groups in total. The van der Waals surface area contributed by atoms with Gasteiger partial charge in [-0.25, -0.2) is 4.79 Å². The van der Waals surface area contributed by atoms with Crippen molar-refractivity contribution >= 4 is 23.0 Å². The first-order chi connectivity index (χ1) is 7.13. The van der Waals surface area contributed by atoms with E-state index in [-0.39, 0.29) is 22.5 Å². The Morgan fingerprint density at radius 2 is 2.33 bits per heavy atom. The SMILES string of the molecule is COC(=O)c1c[nH]c2nc(N)[nH]c(=O)c12. The summed E-state index contributed by atoms with van der Waals surface area (Å²) in [6.07, 6.45) is 1.36. The maximum absolute atomic E-state index is 11.5. The molecule has 78 valence electrons. The van der Waals surface area contributed by atoms with Crippen molar-refractivity contribution in [2.24, 2.45) is 0 Å². The summed E-state index contributed by atoms with van der Waals surface area (Å²) < 4.78 is 4.52. The summed E-state index contributed by atoms with van der Waals surface area (Å²) in [5.74, 6) is -0.607. The second-order valence-electron chi connectivity index (χ2n) is 2.87. The zero-order valence-corrected chi connectivity index (χ0v) is 7.83. The van der Waals surface area contributed by atoms with Crippen LogP contribution in [0.4, 0.5) is 5.95 Å². The van der Waals surface area contributed by atoms with Crippen molar-refractivity contribution < 1.29 is 9.53 Å². The first-order valence-corrected chi connectivity index (χ1v) is 4.08. The van der Waals surface area contributed by atoms with E-state index in [0.717, 1.165) is 0 Å². The van der Waals surface area contributed by atoms with Crippen LogP contribution in [0.25, 0.3) is 11.0 Å². The molecule has 7 heteroatoms. The molecular weight excluding hydrogens is 200 g/mol. The Kier molecular flexibility index (Phi) is 1.93. The van der Waals surface area contributed by atoms with Crippen LogP contribution in [0.15, 0.2) is 11.0 Å². The van der Waals surface area contributed by atoms with Crippen LogP contribution in [0.5, 0.6) is 0 Å². The third-order valence-electron chi connectivity index (χ3n) is 1.97. The highest BCUT2D eigenvalue weighted by Crippen LogP contribution is 2.12. The molecular formula is C8H8N4O3. The topological polar surface area (TPSA) is 114 Å². The summed E-state index contributed by atoms with van der Waals surface area (Å²) in [7, 11) is 1.24. The highest BCUT2D eigenvalue weighted by molar-refractivity contribution is 6.02. The Labute approximate surface area is 83.3 Å². The largest absolute Gasteiger partial charge is 0.465 e. The molecule has 0 amide bonds. The van der Waals surface area contributed by atoms with Crippen LogP contribution >= 0.6 is 0 Å². The molecule has 0 saturated heterocycles. The molecule has 2 aromatic rings. The molecule has 0 aromatic carbocycles. The van der Waals surface area contributed by atoms with Gasteiger partial charge in [-0.2, -0.15) is 4.98 Å². The number of rotatable bonds is 1. The van der Waals surface area contributed by atoms with E-state index in [2.05, 4.69) is 19.7 Å². The summed E-state index contributed by atoms with van der Waals surface area (Å²) >= 11 is 0. The average molecular weight is 208 g/mol. The lowest BCUT2D eigenvalue weighted by Crippen LogP contribution is -2.13. The van der Waals surface area contributed by atoms with Gasteiger partial charge >= 0.3 is 5.97 Å². The van der Waals surface area contributed by atoms with Gasteiger partial charge in [-0.3, -0.25) is 9.78 Å². The Balaban J connectivity index is 2.80. The lowest BCUT2D eigenvalue weighted by atomic mass is 10.2. The number of ether oxygens (including phenoxy) is 1. The number of fused-ring (bicyclic) bond motifs is 1. The molecule has 0 radical (unpaired) electrons. The fourth-order valence-corrected chi connectivity index (χ4v) is 1.33. The van der Waals surface area contributed by atoms with Crippen molar-refractivity contribution in [2.45, 2.75) is 0 Å². The van der Waals surface area contributed by atoms with Gasteiger partial charge in [0.15, 0.2) is 0 Å². The van der Waals surface area contributed by atoms with Gasteiger partial charge in [0, 0.05) is 6.20 Å². The molecule has 0 aliphatic rings. The molecule has 2 rings (SSSR count). The number of aromatic amines is 2. The predicted octanol–water partition coefficient (Wildman–Crippen LogP) is -0.380. The number of esters is 1. The van der Waals surface area contributed by atoms with E-state index in [0.29, 0.717) is 0 Å². The molecule has 0 spiro atoms. The fraction of sp³-hybridized carbons (Fsp3) is 0.125. The smallest absolute Gasteiger partial charge is 0.340 e. The summed E-state index contributed by atoms with van der Waals surface area (Å²) in [6, 6.07) is 0. The van der Waals surface area contributed by atoms with E-state index in [1.165, 1.54) is 13.3 Å². The summed E-state index contributed by atoms with van der Waals surface area (Å²) in [6.45, 7) is 0. The minimum absolute atomic E-state index is 0.00855. The van der Waals surface area contributed by atoms with Crippen molar-refractivity contribution in [1.29, 1.82) is 0 Å². The number of carbonyl (C=O) groups excluding carboxylic acids is 1. The van der Waals surface area contributed by atoms with Gasteiger partial charge < -0.3 is 15.5 Å². The molecule has 0 atom stereocenters. The van der Waals surface area contributed by atoms with Crippen LogP contribution in [0.2, 0.25) is 0 Å². The van der Waals surface area contributed by atoms with Crippen molar-refractivity contribution in [1.82, 2.24) is 15.0 Å². The molecule has 15 heavy (non-hydrogen) atoms. The highest BCUT2D eigenvalue weighted by atomic mass is 16.5. The third kappa shape index (κ3) is 1.33. The Morgan fingerprint density at radius 1 is 1.60 bits per heavy atom. The molecule has 0 fully saturated rings. The number of aromatic nitrogens is 3. The molecule has 0 aliphatic carbocycles. The van der Waals surface area contributed by atoms with Crippen LogP contribution in [0.3, 0.4) is 0 Å². The zero-order valence-electron chi connectivity index (χ0n) is 7.83. The van der Waals surface area contributed by atoms with Gasteiger partial charge in [-0.15, -0.1) is 0 Å². The van der Waals surface area contributed by atoms with Crippen molar-refractivity contribution in [3.05, 3.63) is 22.1 Å². The van der Waals surface area contributed by atoms with E-state index in [9.17, 15) is 9.59 Å². The number of nitrogens with one attached hydrogen (secondary N) is 2. The quantitative estimate of drug-likeness (QED) is 0.553. The first kappa shape index (κ1) is 9.25. The van der Waals surface area contributed by atoms with Gasteiger partial charge in [0.2, 0.25) is 5.95 Å². The Hall–Kier alpha value is -2.31. The highest BCUT2D eigenvalue weighted by Gasteiger charge is 2.16. The molecule has 2 aromatic heterocycles. The molecule has 2 heterocycles. The minimum Gasteiger partial charge on any atom is -0.465 e. The van der Waals surface area contributed by atoms with E-state index < -0.39 is 11.5 Å². The Morgan fingerprint density at radius 3 is 3.00 bits per heavy atom. The number of hydrogen-bond acceptors (Lipinski definition) is 5. The second kappa shape index (κ2) is 3.12. The molecule has 7 nitrogen and oxygen atoms in total. The van der Waals surface area contributed by atoms with Crippen LogP contribution in [-0.2, 0) is 4.74 Å². The predicted molar refractivity (Wildman–Crippen MR) is 52.5 cm³/mol. The van der Waals surface area contributed by atoms with Gasteiger partial charge in [0.1, 0.15) is 5.65 Å². The maximum atomic E-state index is 11.5. The summed E-state index contributed by atoms with van der Waals surface area (Å²) in [5, 5.41) is 0.149. The van der Waals surface area contributed by atoms with Crippen molar-refractivity contribution in [3.63, 3.8) is 0 Å². The minimum atomic E-state index is -0.599.